The normalized spacial score (nSPS) is 15.5. The highest BCUT2D eigenvalue weighted by molar-refractivity contribution is 6.09. The number of benzene rings is 3. The summed E-state index contributed by atoms with van der Waals surface area (Å²) in [5.74, 6) is -2.25. The van der Waals surface area contributed by atoms with Gasteiger partial charge < -0.3 is 26.0 Å². The van der Waals surface area contributed by atoms with Gasteiger partial charge in [-0.25, -0.2) is 14.5 Å². The molecule has 0 bridgehead atoms. The molecule has 236 valence electrons. The Morgan fingerprint density at radius 3 is 1.93 bits per heavy atom. The lowest BCUT2D eigenvalue weighted by Gasteiger charge is -2.29. The summed E-state index contributed by atoms with van der Waals surface area (Å²) < 4.78 is 0. The molecular weight excluding hydrogens is 574 g/mol. The lowest BCUT2D eigenvalue weighted by molar-refractivity contribution is -0.140. The first kappa shape index (κ1) is 32.7. The van der Waals surface area contributed by atoms with Crippen LogP contribution in [0.25, 0.3) is 0 Å². The zero-order chi connectivity index (χ0) is 32.7. The zero-order valence-electron chi connectivity index (χ0n) is 25.8. The Morgan fingerprint density at radius 2 is 1.38 bits per heavy atom. The van der Waals surface area contributed by atoms with E-state index >= 15 is 0 Å². The van der Waals surface area contributed by atoms with Gasteiger partial charge in [-0.1, -0.05) is 74.5 Å². The van der Waals surface area contributed by atoms with E-state index in [1.54, 1.807) is 80.6 Å². The standard InChI is InChI=1S/C34H39N5O6/c1-22(2)19-28(30(42)37-27(20-29(40)41)24-11-7-5-8-12-24)39-31(43)34(3,4)38(33(39)45)21-23-15-17-26(18-16-23)36-32(44)35-25-13-9-6-10-14-25/h5-18,22,27-28H,19-21H2,1-4H3,(H,37,42)(H,40,41)(H2,35,36,44)/t27-,28-/m0/s1. The minimum absolute atomic E-state index is 0.0488. The second kappa shape index (κ2) is 14.1. The highest BCUT2D eigenvalue weighted by Crippen LogP contribution is 2.33. The van der Waals surface area contributed by atoms with Crippen LogP contribution in [0.15, 0.2) is 84.9 Å². The number of anilines is 2. The van der Waals surface area contributed by atoms with Crippen LogP contribution in [-0.2, 0) is 20.9 Å². The molecule has 0 aromatic heterocycles. The number of amides is 6. The molecule has 1 aliphatic heterocycles. The molecule has 11 heteroatoms. The molecule has 1 heterocycles. The highest BCUT2D eigenvalue weighted by Gasteiger charge is 2.54. The first-order chi connectivity index (χ1) is 21.4. The third-order valence-corrected chi connectivity index (χ3v) is 7.64. The van der Waals surface area contributed by atoms with Gasteiger partial charge in [0.2, 0.25) is 5.91 Å². The number of nitrogens with one attached hydrogen (secondary N) is 3. The summed E-state index contributed by atoms with van der Waals surface area (Å²) in [7, 11) is 0. The Balaban J connectivity index is 1.50. The number of rotatable bonds is 12. The maximum absolute atomic E-state index is 13.9. The van der Waals surface area contributed by atoms with E-state index in [2.05, 4.69) is 16.0 Å². The van der Waals surface area contributed by atoms with Gasteiger partial charge in [0.25, 0.3) is 5.91 Å². The topological polar surface area (TPSA) is 148 Å². The zero-order valence-corrected chi connectivity index (χ0v) is 25.8. The number of carbonyl (C=O) groups is 5. The summed E-state index contributed by atoms with van der Waals surface area (Å²) in [5, 5.41) is 17.8. The van der Waals surface area contributed by atoms with Crippen LogP contribution < -0.4 is 16.0 Å². The molecule has 4 N–H and O–H groups in total. The molecule has 1 aliphatic rings. The summed E-state index contributed by atoms with van der Waals surface area (Å²) in [4.78, 5) is 67.8. The maximum Gasteiger partial charge on any atom is 0.328 e. The lowest BCUT2D eigenvalue weighted by atomic mass is 9.98. The molecule has 0 saturated carbocycles. The summed E-state index contributed by atoms with van der Waals surface area (Å²) in [6.45, 7) is 7.13. The van der Waals surface area contributed by atoms with Crippen molar-refractivity contribution in [1.82, 2.24) is 15.1 Å². The van der Waals surface area contributed by atoms with Crippen molar-refractivity contribution >= 4 is 41.2 Å². The number of urea groups is 2. The van der Waals surface area contributed by atoms with Crippen molar-refractivity contribution in [2.24, 2.45) is 5.92 Å². The lowest BCUT2D eigenvalue weighted by Crippen LogP contribution is -2.52. The Morgan fingerprint density at radius 1 is 0.822 bits per heavy atom. The number of para-hydroxylation sites is 1. The first-order valence-electron chi connectivity index (χ1n) is 14.8. The third-order valence-electron chi connectivity index (χ3n) is 7.64. The maximum atomic E-state index is 13.9. The minimum Gasteiger partial charge on any atom is -0.481 e. The molecule has 45 heavy (non-hydrogen) atoms. The number of aliphatic carboxylic acids is 1. The van der Waals surface area contributed by atoms with Crippen LogP contribution in [0.4, 0.5) is 21.0 Å². The minimum atomic E-state index is -1.25. The van der Waals surface area contributed by atoms with Crippen LogP contribution in [0.2, 0.25) is 0 Å². The van der Waals surface area contributed by atoms with Gasteiger partial charge in [-0.2, -0.15) is 0 Å². The average Bonchev–Trinajstić information content (AvgIpc) is 3.15. The molecule has 0 unspecified atom stereocenters. The molecule has 0 radical (unpaired) electrons. The van der Waals surface area contributed by atoms with E-state index in [0.717, 1.165) is 10.5 Å². The van der Waals surface area contributed by atoms with Crippen LogP contribution in [0.1, 0.15) is 57.7 Å². The summed E-state index contributed by atoms with van der Waals surface area (Å²) >= 11 is 0. The van der Waals surface area contributed by atoms with E-state index in [1.165, 1.54) is 4.90 Å². The molecule has 1 fully saturated rings. The molecule has 6 amide bonds. The van der Waals surface area contributed by atoms with E-state index in [-0.39, 0.29) is 25.3 Å². The van der Waals surface area contributed by atoms with Gasteiger partial charge in [0.15, 0.2) is 0 Å². The molecule has 2 atom stereocenters. The molecule has 4 rings (SSSR count). The first-order valence-corrected chi connectivity index (χ1v) is 14.8. The number of hydrogen-bond acceptors (Lipinski definition) is 5. The van der Waals surface area contributed by atoms with Crippen LogP contribution >= 0.6 is 0 Å². The molecule has 3 aromatic carbocycles. The van der Waals surface area contributed by atoms with Crippen molar-refractivity contribution < 1.29 is 29.1 Å². The quantitative estimate of drug-likeness (QED) is 0.195. The predicted octanol–water partition coefficient (Wildman–Crippen LogP) is 5.62. The number of carbonyl (C=O) groups excluding carboxylic acids is 4. The van der Waals surface area contributed by atoms with Crippen LogP contribution in [0.3, 0.4) is 0 Å². The molecular formula is C34H39N5O6. The fraction of sp³-hybridized carbons (Fsp3) is 0.324. The van der Waals surface area contributed by atoms with Gasteiger partial charge in [0.1, 0.15) is 11.6 Å². The molecule has 3 aromatic rings. The van der Waals surface area contributed by atoms with E-state index in [1.807, 2.05) is 32.0 Å². The SMILES string of the molecule is CC(C)C[C@@H](C(=O)N[C@@H](CC(=O)O)c1ccccc1)N1C(=O)N(Cc2ccc(NC(=O)Nc3ccccc3)cc2)C(C)(C)C1=O. The van der Waals surface area contributed by atoms with Crippen molar-refractivity contribution in [3.8, 4) is 0 Å². The number of carboxylic acid groups (broad SMARTS) is 1. The van der Waals surface area contributed by atoms with Crippen molar-refractivity contribution in [3.63, 3.8) is 0 Å². The number of hydrogen-bond donors (Lipinski definition) is 4. The molecule has 0 aliphatic carbocycles. The predicted molar refractivity (Wildman–Crippen MR) is 170 cm³/mol. The van der Waals surface area contributed by atoms with Crippen molar-refractivity contribution in [2.45, 2.75) is 64.7 Å². The number of imide groups is 1. The van der Waals surface area contributed by atoms with Gasteiger partial charge in [0.05, 0.1) is 12.5 Å². The van der Waals surface area contributed by atoms with Gasteiger partial charge in [-0.15, -0.1) is 0 Å². The summed E-state index contributed by atoms with van der Waals surface area (Å²) in [5.41, 5.74) is 1.26. The second-order valence-corrected chi connectivity index (χ2v) is 12.0. The Kier molecular flexibility index (Phi) is 10.2. The molecule has 11 nitrogen and oxygen atoms in total. The fourth-order valence-corrected chi connectivity index (χ4v) is 5.25. The summed E-state index contributed by atoms with van der Waals surface area (Å²) in [6, 6.07) is 21.7. The molecule has 1 saturated heterocycles. The van der Waals surface area contributed by atoms with Crippen LogP contribution in [0.5, 0.6) is 0 Å². The second-order valence-electron chi connectivity index (χ2n) is 12.0. The van der Waals surface area contributed by atoms with Crippen LogP contribution in [-0.4, -0.2) is 56.3 Å². The largest absolute Gasteiger partial charge is 0.481 e. The highest BCUT2D eigenvalue weighted by atomic mass is 16.4. The Hall–Kier alpha value is -5.19. The van der Waals surface area contributed by atoms with E-state index in [4.69, 9.17) is 0 Å². The number of carboxylic acids is 1. The van der Waals surface area contributed by atoms with Gasteiger partial charge >= 0.3 is 18.0 Å². The van der Waals surface area contributed by atoms with E-state index in [0.29, 0.717) is 16.9 Å². The monoisotopic (exact) mass is 613 g/mol. The van der Waals surface area contributed by atoms with Crippen molar-refractivity contribution in [3.05, 3.63) is 96.1 Å². The van der Waals surface area contributed by atoms with E-state index < -0.39 is 47.5 Å². The van der Waals surface area contributed by atoms with Crippen molar-refractivity contribution in [1.29, 1.82) is 0 Å². The fourth-order valence-electron chi connectivity index (χ4n) is 5.25. The van der Waals surface area contributed by atoms with E-state index in [9.17, 15) is 29.1 Å². The smallest absolute Gasteiger partial charge is 0.328 e. The average molecular weight is 614 g/mol. The Bertz CT molecular complexity index is 1530. The molecule has 0 spiro atoms. The van der Waals surface area contributed by atoms with Gasteiger partial charge in [-0.05, 0) is 61.6 Å². The van der Waals surface area contributed by atoms with Crippen molar-refractivity contribution in [2.75, 3.05) is 10.6 Å². The number of nitrogens with zero attached hydrogens (tertiary/aromatic N) is 2. The Labute approximate surface area is 262 Å². The van der Waals surface area contributed by atoms with Crippen LogP contribution in [0, 0.1) is 5.92 Å². The van der Waals surface area contributed by atoms with Gasteiger partial charge in [0, 0.05) is 17.9 Å². The van der Waals surface area contributed by atoms with Gasteiger partial charge in [-0.3, -0.25) is 14.4 Å². The third kappa shape index (κ3) is 8.05. The summed E-state index contributed by atoms with van der Waals surface area (Å²) in [6.07, 6.45) is -0.157.